The molecule has 4 heterocycles. The lowest BCUT2D eigenvalue weighted by Gasteiger charge is -2.37. The lowest BCUT2D eigenvalue weighted by atomic mass is 9.74. The Kier molecular flexibility index (Phi) is 9.58. The van der Waals surface area contributed by atoms with E-state index in [0.717, 1.165) is 65.0 Å². The minimum atomic E-state index is -1.16. The topological polar surface area (TPSA) is 103 Å². The van der Waals surface area contributed by atoms with Crippen LogP contribution in [0.1, 0.15) is 44.6 Å². The van der Waals surface area contributed by atoms with E-state index in [-0.39, 0.29) is 23.8 Å². The van der Waals surface area contributed by atoms with Gasteiger partial charge in [-0.1, -0.05) is 68.3 Å². The fraction of sp³-hybridized carbons (Fsp3) is 0.553. The number of ether oxygens (including phenoxy) is 2. The second-order valence-electron chi connectivity index (χ2n) is 14.3. The molecule has 0 radical (unpaired) electrons. The van der Waals surface area contributed by atoms with Gasteiger partial charge in [-0.25, -0.2) is 0 Å². The van der Waals surface area contributed by atoms with Gasteiger partial charge >= 0.3 is 0 Å². The molecule has 2 N–H and O–H groups in total. The zero-order valence-corrected chi connectivity index (χ0v) is 28.2. The quantitative estimate of drug-likeness (QED) is 0.356. The van der Waals surface area contributed by atoms with Gasteiger partial charge in [-0.15, -0.1) is 0 Å². The number of amides is 3. The minimum Gasteiger partial charge on any atom is -0.497 e. The maximum absolute atomic E-state index is 14.4. The lowest BCUT2D eigenvalue weighted by molar-refractivity contribution is -0.141. The second kappa shape index (κ2) is 14.0. The zero-order chi connectivity index (χ0) is 33.3. The number of piperazine rings is 1. The number of likely N-dealkylation sites (tertiary alicyclic amines) is 1. The summed E-state index contributed by atoms with van der Waals surface area (Å²) >= 11 is 0. The number of nitrogens with one attached hydrogen (secondary N) is 2. The molecule has 1 spiro atoms. The monoisotopic (exact) mass is 655 g/mol. The van der Waals surface area contributed by atoms with Gasteiger partial charge in [-0.2, -0.15) is 0 Å². The maximum Gasteiger partial charge on any atom is 0.246 e. The van der Waals surface area contributed by atoms with Crippen molar-refractivity contribution in [3.63, 3.8) is 0 Å². The first-order valence-electron chi connectivity index (χ1n) is 17.8. The van der Waals surface area contributed by atoms with Crippen molar-refractivity contribution in [3.8, 4) is 5.75 Å². The summed E-state index contributed by atoms with van der Waals surface area (Å²) in [7, 11) is 1.58. The van der Waals surface area contributed by atoms with E-state index < -0.39 is 29.6 Å². The van der Waals surface area contributed by atoms with Gasteiger partial charge in [-0.05, 0) is 49.4 Å². The van der Waals surface area contributed by atoms with Gasteiger partial charge in [0.2, 0.25) is 17.7 Å². The van der Waals surface area contributed by atoms with E-state index in [1.165, 1.54) is 12.0 Å². The molecule has 0 unspecified atom stereocenters. The Morgan fingerprint density at radius 1 is 0.958 bits per heavy atom. The summed E-state index contributed by atoms with van der Waals surface area (Å²) in [5, 5.41) is 6.33. The number of fused-ring (bicyclic) bond motifs is 1. The summed E-state index contributed by atoms with van der Waals surface area (Å²) in [6.07, 6.45) is 8.22. The van der Waals surface area contributed by atoms with Gasteiger partial charge in [-0.3, -0.25) is 19.3 Å². The molecular weight excluding hydrogens is 606 g/mol. The molecule has 1 aliphatic carbocycles. The Hall–Kier alpha value is -3.73. The lowest BCUT2D eigenvalue weighted by Crippen LogP contribution is -2.57. The second-order valence-corrected chi connectivity index (χ2v) is 14.3. The third-order valence-electron chi connectivity index (χ3n) is 11.3. The summed E-state index contributed by atoms with van der Waals surface area (Å²) in [5.41, 5.74) is 0.756. The number of carbonyl (C=O) groups is 3. The molecule has 0 aromatic heterocycles. The molecule has 4 fully saturated rings. The normalized spacial score (nSPS) is 31.5. The summed E-state index contributed by atoms with van der Waals surface area (Å²) < 4.78 is 11.9. The molecule has 2 bridgehead atoms. The molecular formula is C38H49N5O5. The zero-order valence-electron chi connectivity index (χ0n) is 28.2. The third-order valence-corrected chi connectivity index (χ3v) is 11.3. The molecule has 1 saturated carbocycles. The van der Waals surface area contributed by atoms with Crippen molar-refractivity contribution in [1.29, 1.82) is 0 Å². The number of rotatable bonds is 11. The van der Waals surface area contributed by atoms with E-state index >= 15 is 0 Å². The van der Waals surface area contributed by atoms with E-state index in [0.29, 0.717) is 23.9 Å². The van der Waals surface area contributed by atoms with E-state index in [2.05, 4.69) is 57.7 Å². The predicted octanol–water partition coefficient (Wildman–Crippen LogP) is 3.69. The molecule has 3 amide bonds. The smallest absolute Gasteiger partial charge is 0.246 e. The highest BCUT2D eigenvalue weighted by molar-refractivity contribution is 6.02. The summed E-state index contributed by atoms with van der Waals surface area (Å²) in [6, 6.07) is 17.0. The molecule has 2 aromatic rings. The van der Waals surface area contributed by atoms with Gasteiger partial charge in [0, 0.05) is 57.1 Å². The Bertz CT molecular complexity index is 1510. The number of hydrogen-bond acceptors (Lipinski definition) is 7. The number of anilines is 1. The molecule has 256 valence electrons. The van der Waals surface area contributed by atoms with Gasteiger partial charge in [0.15, 0.2) is 0 Å². The average Bonchev–Trinajstić information content (AvgIpc) is 3.74. The molecule has 4 aliphatic heterocycles. The molecule has 5 aliphatic rings. The minimum absolute atomic E-state index is 0.0700. The molecule has 10 nitrogen and oxygen atoms in total. The van der Waals surface area contributed by atoms with Gasteiger partial charge in [0.25, 0.3) is 0 Å². The molecule has 3 saturated heterocycles. The van der Waals surface area contributed by atoms with Crippen molar-refractivity contribution in [3.05, 3.63) is 72.3 Å². The molecule has 7 atom stereocenters. The summed E-state index contributed by atoms with van der Waals surface area (Å²) in [6.45, 7) is 8.36. The van der Waals surface area contributed by atoms with E-state index in [4.69, 9.17) is 9.47 Å². The van der Waals surface area contributed by atoms with Gasteiger partial charge < -0.3 is 29.9 Å². The summed E-state index contributed by atoms with van der Waals surface area (Å²) in [5.74, 6) is -1.12. The van der Waals surface area contributed by atoms with Crippen LogP contribution < -0.4 is 15.4 Å². The number of carbonyl (C=O) groups excluding carboxylic acids is 3. The third kappa shape index (κ3) is 6.37. The Morgan fingerprint density at radius 2 is 1.73 bits per heavy atom. The number of hydrogen-bond donors (Lipinski definition) is 2. The van der Waals surface area contributed by atoms with Crippen LogP contribution in [0.4, 0.5) is 5.69 Å². The maximum atomic E-state index is 14.4. The van der Waals surface area contributed by atoms with Crippen LogP contribution in [-0.2, 0) is 25.7 Å². The average molecular weight is 656 g/mol. The van der Waals surface area contributed by atoms with E-state index in [9.17, 15) is 14.4 Å². The van der Waals surface area contributed by atoms with Crippen molar-refractivity contribution in [1.82, 2.24) is 20.0 Å². The van der Waals surface area contributed by atoms with Crippen LogP contribution in [0.5, 0.6) is 5.75 Å². The van der Waals surface area contributed by atoms with Crippen molar-refractivity contribution >= 4 is 23.4 Å². The number of nitrogens with zero attached hydrogens (tertiary/aromatic N) is 3. The number of methoxy groups -OCH3 is 1. The van der Waals surface area contributed by atoms with Crippen LogP contribution >= 0.6 is 0 Å². The highest BCUT2D eigenvalue weighted by Crippen LogP contribution is 2.55. The van der Waals surface area contributed by atoms with Crippen LogP contribution in [0.15, 0.2) is 66.7 Å². The Labute approximate surface area is 283 Å². The highest BCUT2D eigenvalue weighted by atomic mass is 16.5. The Balaban J connectivity index is 1.05. The van der Waals surface area contributed by atoms with Crippen LogP contribution in [0.2, 0.25) is 0 Å². The van der Waals surface area contributed by atoms with Crippen molar-refractivity contribution in [2.75, 3.05) is 51.7 Å². The van der Waals surface area contributed by atoms with E-state index in [1.807, 2.05) is 24.3 Å². The van der Waals surface area contributed by atoms with Crippen molar-refractivity contribution in [2.24, 2.45) is 17.8 Å². The largest absolute Gasteiger partial charge is 0.497 e. The SMILES string of the molecule is COc1cccc(NC(=O)[C@@H]2[C@@H]3C=C[C@]4(O3)[C@@H]2C(=O)N(CCCN2CCN(Cc3ccccc3)CC2)[C@H]4C(=O)N[C@H]2CCCC[C@H]2C)c1. The van der Waals surface area contributed by atoms with Crippen molar-refractivity contribution in [2.45, 2.75) is 69.4 Å². The first-order valence-corrected chi connectivity index (χ1v) is 17.8. The van der Waals surface area contributed by atoms with Crippen LogP contribution in [0.25, 0.3) is 0 Å². The summed E-state index contributed by atoms with van der Waals surface area (Å²) in [4.78, 5) is 49.2. The number of benzene rings is 2. The van der Waals surface area contributed by atoms with Crippen LogP contribution in [0, 0.1) is 17.8 Å². The standard InChI is InChI=1S/C38H49N5O5/c1-26-10-6-7-15-30(26)40-36(45)34-38-17-16-31(48-38)32(35(44)39-28-13-8-14-29(24-28)47-2)33(38)37(46)43(34)19-9-18-41-20-22-42(23-21-41)25-27-11-4-3-5-12-27/h3-5,8,11-14,16-17,24,26,30-34H,6-7,9-10,15,18-23,25H2,1-2H3,(H,39,44)(H,40,45)/t26-,30+,31+,32-,33+,34+,38+/m1/s1. The molecule has 48 heavy (non-hydrogen) atoms. The fourth-order valence-electron chi connectivity index (χ4n) is 8.70. The molecule has 7 rings (SSSR count). The van der Waals surface area contributed by atoms with E-state index in [1.54, 1.807) is 24.1 Å². The van der Waals surface area contributed by atoms with Crippen molar-refractivity contribution < 1.29 is 23.9 Å². The fourth-order valence-corrected chi connectivity index (χ4v) is 8.70. The van der Waals surface area contributed by atoms with Crippen LogP contribution in [-0.4, -0.2) is 103 Å². The van der Waals surface area contributed by atoms with Gasteiger partial charge in [0.1, 0.15) is 17.4 Å². The highest BCUT2D eigenvalue weighted by Gasteiger charge is 2.72. The Morgan fingerprint density at radius 3 is 2.50 bits per heavy atom. The molecule has 2 aromatic carbocycles. The first-order chi connectivity index (χ1) is 23.4. The van der Waals surface area contributed by atoms with Crippen LogP contribution in [0.3, 0.4) is 0 Å². The first kappa shape index (κ1) is 32.8. The van der Waals surface area contributed by atoms with Gasteiger partial charge in [0.05, 0.1) is 25.0 Å². The molecule has 10 heteroatoms. The predicted molar refractivity (Wildman–Crippen MR) is 183 cm³/mol.